The second kappa shape index (κ2) is 43.6. The van der Waals surface area contributed by atoms with Crippen molar-refractivity contribution in [1.29, 1.82) is 0 Å². The van der Waals surface area contributed by atoms with Gasteiger partial charge < -0.3 is 40.3 Å². The lowest BCUT2D eigenvalue weighted by molar-refractivity contribution is -0.302. The molecule has 1 rings (SSSR count). The maximum Gasteiger partial charge on any atom is 0.220 e. The summed E-state index contributed by atoms with van der Waals surface area (Å²) in [5, 5.41) is 54.4. The molecule has 0 aromatic heterocycles. The Hall–Kier alpha value is -1.33. The molecule has 0 aromatic rings. The largest absolute Gasteiger partial charge is 0.394 e. The van der Waals surface area contributed by atoms with Gasteiger partial charge >= 0.3 is 0 Å². The minimum Gasteiger partial charge on any atom is -0.394 e. The molecule has 0 aromatic carbocycles. The van der Waals surface area contributed by atoms with Gasteiger partial charge in [-0.05, 0) is 44.9 Å². The molecule has 1 saturated heterocycles. The Bertz CT molecular complexity index is 1020. The number of unbranched alkanes of at least 4 members (excludes halogenated alkanes) is 33. The normalized spacial score (nSPS) is 20.4. The van der Waals surface area contributed by atoms with Crippen LogP contribution in [-0.4, -0.2) is 87.5 Å². The van der Waals surface area contributed by atoms with Crippen molar-refractivity contribution in [1.82, 2.24) is 5.32 Å². The lowest BCUT2D eigenvalue weighted by Crippen LogP contribution is -2.60. The van der Waals surface area contributed by atoms with Gasteiger partial charge in [0, 0.05) is 6.42 Å². The van der Waals surface area contributed by atoms with E-state index >= 15 is 0 Å². The SMILES string of the molecule is CCCCCCCCCCCC/C=C\CCCCCCCCCC(=O)NC(COC1OC(CO)C(O)C(O)C1O)C(O)/C=C/CCCCCCCCCCCCCCCCCC. The number of amides is 1. The Kier molecular flexibility index (Phi) is 41.2. The topological polar surface area (TPSA) is 149 Å². The molecule has 0 aliphatic carbocycles. The Balaban J connectivity index is 2.28. The molecule has 9 heteroatoms. The summed E-state index contributed by atoms with van der Waals surface area (Å²) in [4.78, 5) is 13.0. The lowest BCUT2D eigenvalue weighted by Gasteiger charge is -2.40. The number of ether oxygens (including phenoxy) is 2. The number of hydrogen-bond donors (Lipinski definition) is 6. The fourth-order valence-electron chi connectivity index (χ4n) is 8.51. The number of nitrogens with one attached hydrogen (secondary N) is 1. The Morgan fingerprint density at radius 2 is 0.903 bits per heavy atom. The Morgan fingerprint density at radius 3 is 1.31 bits per heavy atom. The highest BCUT2D eigenvalue weighted by molar-refractivity contribution is 5.76. The molecule has 0 bridgehead atoms. The highest BCUT2D eigenvalue weighted by Crippen LogP contribution is 2.23. The number of carbonyl (C=O) groups excluding carboxylic acids is 1. The number of allylic oxidation sites excluding steroid dienone is 3. The molecule has 0 spiro atoms. The number of hydrogen-bond acceptors (Lipinski definition) is 8. The monoisotopic (exact) mass is 880 g/mol. The third kappa shape index (κ3) is 33.2. The van der Waals surface area contributed by atoms with Gasteiger partial charge in [-0.25, -0.2) is 0 Å². The Labute approximate surface area is 381 Å². The fraction of sp³-hybridized carbons (Fsp3) is 0.906. The van der Waals surface area contributed by atoms with Crippen LogP contribution in [0.4, 0.5) is 0 Å². The van der Waals surface area contributed by atoms with Crippen molar-refractivity contribution in [2.75, 3.05) is 13.2 Å². The smallest absolute Gasteiger partial charge is 0.220 e. The minimum absolute atomic E-state index is 0.178. The quantitative estimate of drug-likeness (QED) is 0.0262. The van der Waals surface area contributed by atoms with E-state index in [0.29, 0.717) is 6.42 Å². The number of aliphatic hydroxyl groups excluding tert-OH is 5. The zero-order valence-corrected chi connectivity index (χ0v) is 40.4. The first-order valence-corrected chi connectivity index (χ1v) is 26.6. The molecule has 9 nitrogen and oxygen atoms in total. The predicted molar refractivity (Wildman–Crippen MR) is 258 cm³/mol. The van der Waals surface area contributed by atoms with E-state index in [1.165, 1.54) is 193 Å². The van der Waals surface area contributed by atoms with Gasteiger partial charge in [-0.3, -0.25) is 4.79 Å². The maximum atomic E-state index is 13.0. The molecule has 0 radical (unpaired) electrons. The average Bonchev–Trinajstić information content (AvgIpc) is 3.27. The summed E-state index contributed by atoms with van der Waals surface area (Å²) in [5.74, 6) is -0.178. The molecule has 0 saturated carbocycles. The first-order chi connectivity index (χ1) is 30.3. The number of rotatable bonds is 45. The van der Waals surface area contributed by atoms with Crippen molar-refractivity contribution >= 4 is 5.91 Å². The standard InChI is InChI=1S/C53H101NO8/c1-3-5-7-9-11-13-15-17-19-21-23-24-25-27-29-31-33-35-37-39-41-43-49(57)54-46(45-61-53-52(60)51(59)50(58)48(44-55)62-53)47(56)42-40-38-36-34-32-30-28-26-22-20-18-16-14-12-10-8-6-4-2/h24-25,40,42,46-48,50-53,55-56,58-60H,3-23,26-39,41,43-45H2,1-2H3,(H,54,57)/b25-24-,42-40+. The second-order valence-electron chi connectivity index (χ2n) is 18.7. The summed E-state index contributed by atoms with van der Waals surface area (Å²) in [6.45, 7) is 3.80. The van der Waals surface area contributed by atoms with Gasteiger partial charge in [0.1, 0.15) is 24.4 Å². The van der Waals surface area contributed by atoms with E-state index in [-0.39, 0.29) is 12.5 Å². The number of aliphatic hydroxyl groups is 5. The van der Waals surface area contributed by atoms with Crippen molar-refractivity contribution in [2.24, 2.45) is 0 Å². The summed E-state index contributed by atoms with van der Waals surface area (Å²) in [6, 6.07) is -0.805. The fourth-order valence-corrected chi connectivity index (χ4v) is 8.51. The van der Waals surface area contributed by atoms with Crippen LogP contribution in [0.1, 0.15) is 251 Å². The summed E-state index contributed by atoms with van der Waals surface area (Å²) < 4.78 is 11.2. The summed E-state index contributed by atoms with van der Waals surface area (Å²) in [5.41, 5.74) is 0. The van der Waals surface area contributed by atoms with E-state index in [2.05, 4.69) is 31.3 Å². The first-order valence-electron chi connectivity index (χ1n) is 26.6. The molecular weight excluding hydrogens is 779 g/mol. The summed E-state index contributed by atoms with van der Waals surface area (Å²) >= 11 is 0. The van der Waals surface area contributed by atoms with Gasteiger partial charge in [0.2, 0.25) is 5.91 Å². The average molecular weight is 880 g/mol. The van der Waals surface area contributed by atoms with Gasteiger partial charge in [0.05, 0.1) is 25.4 Å². The summed E-state index contributed by atoms with van der Waals surface area (Å²) in [6.07, 6.45) is 46.5. The molecule has 1 fully saturated rings. The van der Waals surface area contributed by atoms with Gasteiger partial charge in [-0.2, -0.15) is 0 Å². The zero-order chi connectivity index (χ0) is 45.1. The van der Waals surface area contributed by atoms with Crippen LogP contribution in [0.5, 0.6) is 0 Å². The van der Waals surface area contributed by atoms with Gasteiger partial charge in [0.25, 0.3) is 0 Å². The van der Waals surface area contributed by atoms with Crippen molar-refractivity contribution in [2.45, 2.75) is 294 Å². The molecule has 366 valence electrons. The summed E-state index contributed by atoms with van der Waals surface area (Å²) in [7, 11) is 0. The van der Waals surface area contributed by atoms with Gasteiger partial charge in [-0.1, -0.05) is 224 Å². The van der Waals surface area contributed by atoms with E-state index in [1.54, 1.807) is 6.08 Å². The van der Waals surface area contributed by atoms with Crippen molar-refractivity contribution < 1.29 is 39.8 Å². The molecule has 7 unspecified atom stereocenters. The Morgan fingerprint density at radius 1 is 0.532 bits per heavy atom. The van der Waals surface area contributed by atoms with Crippen LogP contribution in [0.15, 0.2) is 24.3 Å². The molecule has 1 heterocycles. The third-order valence-electron chi connectivity index (χ3n) is 12.8. The molecule has 62 heavy (non-hydrogen) atoms. The van der Waals surface area contributed by atoms with Crippen LogP contribution in [0, 0.1) is 0 Å². The molecule has 6 N–H and O–H groups in total. The highest BCUT2D eigenvalue weighted by Gasteiger charge is 2.44. The van der Waals surface area contributed by atoms with Crippen molar-refractivity contribution in [3.05, 3.63) is 24.3 Å². The van der Waals surface area contributed by atoms with Crippen LogP contribution < -0.4 is 5.32 Å². The molecule has 1 amide bonds. The minimum atomic E-state index is -1.57. The third-order valence-corrected chi connectivity index (χ3v) is 12.8. The number of carbonyl (C=O) groups is 1. The predicted octanol–water partition coefficient (Wildman–Crippen LogP) is 12.2. The van der Waals surface area contributed by atoms with Crippen LogP contribution >= 0.6 is 0 Å². The van der Waals surface area contributed by atoms with E-state index in [1.807, 2.05) is 6.08 Å². The van der Waals surface area contributed by atoms with Crippen LogP contribution in [0.2, 0.25) is 0 Å². The lowest BCUT2D eigenvalue weighted by atomic mass is 9.99. The van der Waals surface area contributed by atoms with E-state index in [0.717, 1.165) is 38.5 Å². The van der Waals surface area contributed by atoms with Gasteiger partial charge in [0.15, 0.2) is 6.29 Å². The molecular formula is C53H101NO8. The van der Waals surface area contributed by atoms with Crippen molar-refractivity contribution in [3.8, 4) is 0 Å². The van der Waals surface area contributed by atoms with Crippen molar-refractivity contribution in [3.63, 3.8) is 0 Å². The van der Waals surface area contributed by atoms with E-state index in [4.69, 9.17) is 9.47 Å². The molecule has 1 aliphatic heterocycles. The van der Waals surface area contributed by atoms with Gasteiger partial charge in [-0.15, -0.1) is 0 Å². The van der Waals surface area contributed by atoms with Crippen LogP contribution in [0.3, 0.4) is 0 Å². The first kappa shape index (κ1) is 58.7. The van der Waals surface area contributed by atoms with E-state index in [9.17, 15) is 30.3 Å². The second-order valence-corrected chi connectivity index (χ2v) is 18.7. The van der Waals surface area contributed by atoms with Crippen LogP contribution in [-0.2, 0) is 14.3 Å². The van der Waals surface area contributed by atoms with E-state index < -0.39 is 49.5 Å². The zero-order valence-electron chi connectivity index (χ0n) is 40.4. The molecule has 1 aliphatic rings. The maximum absolute atomic E-state index is 13.0. The molecule has 7 atom stereocenters. The highest BCUT2D eigenvalue weighted by atomic mass is 16.7. The van der Waals surface area contributed by atoms with Crippen LogP contribution in [0.25, 0.3) is 0 Å².